The predicted molar refractivity (Wildman–Crippen MR) is 150 cm³/mol. The molecule has 200 valence electrons. The summed E-state index contributed by atoms with van der Waals surface area (Å²) >= 11 is 0. The lowest BCUT2D eigenvalue weighted by Gasteiger charge is -2.32. The van der Waals surface area contributed by atoms with Crippen LogP contribution in [0.3, 0.4) is 0 Å². The fraction of sp³-hybridized carbons (Fsp3) is 0.519. The molecule has 0 aromatic carbocycles. The predicted octanol–water partition coefficient (Wildman–Crippen LogP) is 5.66. The molecule has 2 aromatic heterocycles. The van der Waals surface area contributed by atoms with Crippen LogP contribution in [0.1, 0.15) is 52.5 Å². The highest BCUT2D eigenvalue weighted by Crippen LogP contribution is 2.23. The van der Waals surface area contributed by atoms with Gasteiger partial charge in [-0.25, -0.2) is 8.91 Å². The monoisotopic (exact) mass is 503 g/mol. The molecule has 2 aromatic rings. The van der Waals surface area contributed by atoms with Crippen molar-refractivity contribution in [1.29, 1.82) is 0 Å². The lowest BCUT2D eigenvalue weighted by atomic mass is 9.98. The van der Waals surface area contributed by atoms with E-state index in [-0.39, 0.29) is 12.6 Å². The number of nitrogens with one attached hydrogen (secondary N) is 1. The second-order valence-electron chi connectivity index (χ2n) is 9.21. The summed E-state index contributed by atoms with van der Waals surface area (Å²) in [7, 11) is 5.51. The maximum atomic E-state index is 13.1. The van der Waals surface area contributed by atoms with Gasteiger partial charge in [-0.2, -0.15) is 4.98 Å². The first-order valence-electron chi connectivity index (χ1n) is 12.2. The van der Waals surface area contributed by atoms with E-state index in [1.165, 1.54) is 0 Å². The fourth-order valence-electron chi connectivity index (χ4n) is 3.66. The van der Waals surface area contributed by atoms with Gasteiger partial charge < -0.3 is 16.0 Å². The number of likely N-dealkylation sites (tertiary alicyclic amines) is 1. The van der Waals surface area contributed by atoms with Gasteiger partial charge in [-0.05, 0) is 72.7 Å². The Labute approximate surface area is 214 Å². The van der Waals surface area contributed by atoms with Gasteiger partial charge in [-0.1, -0.05) is 29.9 Å². The van der Waals surface area contributed by atoms with Crippen molar-refractivity contribution in [2.75, 3.05) is 52.0 Å². The van der Waals surface area contributed by atoms with E-state index < -0.39 is 5.67 Å². The zero-order valence-electron chi connectivity index (χ0n) is 22.9. The van der Waals surface area contributed by atoms with Gasteiger partial charge in [0.25, 0.3) is 0 Å². The quantitative estimate of drug-likeness (QED) is 0.302. The fourth-order valence-corrected chi connectivity index (χ4v) is 3.66. The van der Waals surface area contributed by atoms with E-state index in [1.807, 2.05) is 63.2 Å². The molecule has 36 heavy (non-hydrogen) atoms. The maximum Gasteiger partial charge on any atom is 0.240 e. The van der Waals surface area contributed by atoms with Crippen molar-refractivity contribution in [2.24, 2.45) is 4.99 Å². The molecule has 1 aliphatic heterocycles. The van der Waals surface area contributed by atoms with Gasteiger partial charge in [0.05, 0.1) is 12.4 Å². The number of hydrogen-bond donors (Lipinski definition) is 2. The first-order chi connectivity index (χ1) is 17.0. The molecule has 9 heteroatoms. The number of rotatable bonds is 6. The van der Waals surface area contributed by atoms with E-state index >= 15 is 0 Å². The highest BCUT2D eigenvalue weighted by molar-refractivity contribution is 6.14. The van der Waals surface area contributed by atoms with Crippen LogP contribution < -0.4 is 11.1 Å². The maximum absolute atomic E-state index is 13.1. The van der Waals surface area contributed by atoms with Crippen molar-refractivity contribution in [3.05, 3.63) is 53.8 Å². The summed E-state index contributed by atoms with van der Waals surface area (Å²) in [6.07, 6.45) is 9.94. The van der Waals surface area contributed by atoms with Crippen LogP contribution >= 0.6 is 0 Å². The largest absolute Gasteiger partial charge is 0.371 e. The van der Waals surface area contributed by atoms with Gasteiger partial charge in [0, 0.05) is 32.4 Å². The highest BCUT2D eigenvalue weighted by Gasteiger charge is 2.28. The number of nitrogen functional groups attached to an aromatic ring is 1. The smallest absolute Gasteiger partial charge is 0.240 e. The molecule has 1 unspecified atom stereocenters. The summed E-state index contributed by atoms with van der Waals surface area (Å²) in [6, 6.07) is 1.94. The van der Waals surface area contributed by atoms with Crippen molar-refractivity contribution in [1.82, 2.24) is 19.5 Å². The van der Waals surface area contributed by atoms with Crippen LogP contribution in [0.4, 0.5) is 20.5 Å². The number of aromatic nitrogens is 3. The molecule has 1 saturated heterocycles. The SMILES string of the molecule is C/C=C(\C)CCF.C=C(C)/C=C\C(=NC)c1ccn2nc(N)nc(NC)c12.CN1CCCC(C)(F)C1. The topological polar surface area (TPSA) is 83.8 Å². The first-order valence-corrected chi connectivity index (χ1v) is 12.2. The van der Waals surface area contributed by atoms with E-state index in [0.717, 1.165) is 47.3 Å². The van der Waals surface area contributed by atoms with Crippen molar-refractivity contribution >= 4 is 23.0 Å². The van der Waals surface area contributed by atoms with Crippen LogP contribution in [0, 0.1) is 0 Å². The number of allylic oxidation sites excluding steroid dienone is 5. The molecule has 0 spiro atoms. The number of hydrogen-bond acceptors (Lipinski definition) is 6. The molecule has 7 nitrogen and oxygen atoms in total. The van der Waals surface area contributed by atoms with E-state index in [2.05, 4.69) is 27.0 Å². The number of anilines is 2. The standard InChI is InChI=1S/C14H18N6.C7H14FN.C6H11F/c1-9(2)5-6-11(16-3)10-7-8-20-12(10)13(17-4)18-14(15)19-20;1-7(8)4-3-5-9(2)6-7;1-3-6(2)4-5-7/h5-8H,1H2,2-4H3,(H3,15,17,18,19);3-6H2,1-2H3;3H,4-5H2,1-2H3/b6-5-,16-11?;;6-3+. The molecular weight excluding hydrogens is 460 g/mol. The Bertz CT molecular complexity index is 1070. The van der Waals surface area contributed by atoms with Gasteiger partial charge in [0.2, 0.25) is 5.95 Å². The Kier molecular flexibility index (Phi) is 13.0. The Morgan fingerprint density at radius 2 is 2.06 bits per heavy atom. The van der Waals surface area contributed by atoms with E-state index in [4.69, 9.17) is 5.73 Å². The summed E-state index contributed by atoms with van der Waals surface area (Å²) in [6.45, 7) is 12.8. The molecule has 1 fully saturated rings. The van der Waals surface area contributed by atoms with Crippen molar-refractivity contribution in [2.45, 2.75) is 52.6 Å². The minimum atomic E-state index is -0.924. The average Bonchev–Trinajstić information content (AvgIpc) is 3.22. The molecule has 3 N–H and O–H groups in total. The minimum Gasteiger partial charge on any atom is -0.371 e. The zero-order valence-corrected chi connectivity index (χ0v) is 22.9. The number of halogens is 2. The summed E-state index contributed by atoms with van der Waals surface area (Å²) in [5, 5.41) is 7.20. The second kappa shape index (κ2) is 15.1. The number of aliphatic imine (C=N–C) groups is 1. The molecule has 0 amide bonds. The third-order valence-electron chi connectivity index (χ3n) is 5.63. The third kappa shape index (κ3) is 10.3. The Balaban J connectivity index is 0.000000333. The number of alkyl halides is 2. The summed E-state index contributed by atoms with van der Waals surface area (Å²) in [4.78, 5) is 10.6. The highest BCUT2D eigenvalue weighted by atomic mass is 19.1. The normalized spacial score (nSPS) is 18.9. The van der Waals surface area contributed by atoms with Crippen molar-refractivity contribution in [3.63, 3.8) is 0 Å². The van der Waals surface area contributed by atoms with Gasteiger partial charge >= 0.3 is 0 Å². The molecule has 0 aliphatic carbocycles. The number of fused-ring (bicyclic) bond motifs is 1. The van der Waals surface area contributed by atoms with Crippen molar-refractivity contribution < 1.29 is 8.78 Å². The van der Waals surface area contributed by atoms with E-state index in [9.17, 15) is 8.78 Å². The Morgan fingerprint density at radius 1 is 1.36 bits per heavy atom. The summed E-state index contributed by atoms with van der Waals surface area (Å²) in [5.41, 5.74) is 9.46. The van der Waals surface area contributed by atoms with Crippen LogP contribution in [-0.4, -0.2) is 71.8 Å². The number of nitrogens with two attached hydrogens (primary N) is 1. The molecular formula is C27H43F2N7. The average molecular weight is 504 g/mol. The van der Waals surface area contributed by atoms with Crippen LogP contribution in [0.5, 0.6) is 0 Å². The zero-order chi connectivity index (χ0) is 27.3. The molecule has 0 saturated carbocycles. The number of piperidine rings is 1. The Morgan fingerprint density at radius 3 is 2.50 bits per heavy atom. The second-order valence-corrected chi connectivity index (χ2v) is 9.21. The van der Waals surface area contributed by atoms with Gasteiger partial charge in [0.1, 0.15) is 11.2 Å². The molecule has 1 atom stereocenters. The van der Waals surface area contributed by atoms with Crippen LogP contribution in [0.2, 0.25) is 0 Å². The molecule has 1 aliphatic rings. The Hall–Kier alpha value is -3.07. The van der Waals surface area contributed by atoms with E-state index in [0.29, 0.717) is 18.8 Å². The molecule has 0 bridgehead atoms. The molecule has 3 heterocycles. The van der Waals surface area contributed by atoms with Crippen molar-refractivity contribution in [3.8, 4) is 0 Å². The van der Waals surface area contributed by atoms with Gasteiger partial charge in [-0.3, -0.25) is 9.38 Å². The molecule has 0 radical (unpaired) electrons. The summed E-state index contributed by atoms with van der Waals surface area (Å²) < 4.78 is 26.2. The van der Waals surface area contributed by atoms with Gasteiger partial charge in [0.15, 0.2) is 5.82 Å². The van der Waals surface area contributed by atoms with E-state index in [1.54, 1.807) is 25.5 Å². The van der Waals surface area contributed by atoms with Crippen LogP contribution in [-0.2, 0) is 0 Å². The molecule has 3 rings (SSSR count). The van der Waals surface area contributed by atoms with Crippen LogP contribution in [0.25, 0.3) is 5.52 Å². The van der Waals surface area contributed by atoms with Crippen LogP contribution in [0.15, 0.2) is 53.2 Å². The minimum absolute atomic E-state index is 0.219. The lowest BCUT2D eigenvalue weighted by Crippen LogP contribution is -2.40. The summed E-state index contributed by atoms with van der Waals surface area (Å²) in [5.74, 6) is 0.888. The third-order valence-corrected chi connectivity index (χ3v) is 5.63. The first kappa shape index (κ1) is 31.0. The number of nitrogens with zero attached hydrogens (tertiary/aromatic N) is 5. The lowest BCUT2D eigenvalue weighted by molar-refractivity contribution is 0.0758. The van der Waals surface area contributed by atoms with Gasteiger partial charge in [-0.15, -0.1) is 5.10 Å².